The third-order valence-electron chi connectivity index (χ3n) is 3.34. The lowest BCUT2D eigenvalue weighted by Gasteiger charge is -2.18. The molecule has 0 spiro atoms. The summed E-state index contributed by atoms with van der Waals surface area (Å²) in [7, 11) is 1.94. The van der Waals surface area contributed by atoms with Gasteiger partial charge in [-0.05, 0) is 43.6 Å². The van der Waals surface area contributed by atoms with Gasteiger partial charge in [0.1, 0.15) is 10.6 Å². The van der Waals surface area contributed by atoms with Gasteiger partial charge in [0, 0.05) is 26.2 Å². The second-order valence-electron chi connectivity index (χ2n) is 5.20. The van der Waals surface area contributed by atoms with E-state index in [0.29, 0.717) is 17.4 Å². The number of amides is 1. The topological polar surface area (TPSA) is 91.5 Å². The van der Waals surface area contributed by atoms with Crippen LogP contribution in [-0.2, 0) is 0 Å². The molecule has 0 bridgehead atoms. The van der Waals surface area contributed by atoms with Crippen LogP contribution >= 0.6 is 11.5 Å². The number of aliphatic hydroxyl groups excluding tert-OH is 1. The zero-order valence-corrected chi connectivity index (χ0v) is 12.6. The van der Waals surface area contributed by atoms with Gasteiger partial charge in [-0.3, -0.25) is 4.79 Å². The quantitative estimate of drug-likeness (QED) is 0.628. The molecule has 1 aromatic rings. The molecule has 1 amide bonds. The second-order valence-corrected chi connectivity index (χ2v) is 5.95. The van der Waals surface area contributed by atoms with Crippen molar-refractivity contribution in [3.63, 3.8) is 0 Å². The first-order valence-electron chi connectivity index (χ1n) is 7.01. The molecule has 0 radical (unpaired) electrons. The first-order valence-corrected chi connectivity index (χ1v) is 7.78. The third-order valence-corrected chi connectivity index (χ3v) is 4.32. The summed E-state index contributed by atoms with van der Waals surface area (Å²) in [6.07, 6.45) is 4.86. The molecule has 20 heavy (non-hydrogen) atoms. The SMILES string of the molecule is CN(CCCCCO)c1snc(N)c1C(=O)NC1CC1. The molecule has 0 aliphatic heterocycles. The zero-order valence-electron chi connectivity index (χ0n) is 11.8. The molecule has 112 valence electrons. The van der Waals surface area contributed by atoms with Gasteiger partial charge < -0.3 is 21.1 Å². The molecular formula is C13H22N4O2S. The molecular weight excluding hydrogens is 276 g/mol. The summed E-state index contributed by atoms with van der Waals surface area (Å²) >= 11 is 1.26. The van der Waals surface area contributed by atoms with Crippen molar-refractivity contribution in [3.8, 4) is 0 Å². The highest BCUT2D eigenvalue weighted by Crippen LogP contribution is 2.31. The minimum atomic E-state index is -0.115. The minimum absolute atomic E-state index is 0.115. The first-order chi connectivity index (χ1) is 9.63. The van der Waals surface area contributed by atoms with Crippen LogP contribution in [0.5, 0.6) is 0 Å². The fourth-order valence-electron chi connectivity index (χ4n) is 1.99. The Morgan fingerprint density at radius 3 is 2.90 bits per heavy atom. The van der Waals surface area contributed by atoms with Gasteiger partial charge in [0.25, 0.3) is 5.91 Å². The van der Waals surface area contributed by atoms with Crippen molar-refractivity contribution >= 4 is 28.3 Å². The molecule has 1 aromatic heterocycles. The maximum Gasteiger partial charge on any atom is 0.258 e. The fourth-order valence-corrected chi connectivity index (χ4v) is 2.79. The van der Waals surface area contributed by atoms with Gasteiger partial charge in [-0.25, -0.2) is 0 Å². The van der Waals surface area contributed by atoms with E-state index in [1.165, 1.54) is 11.5 Å². The van der Waals surface area contributed by atoms with E-state index in [0.717, 1.165) is 43.6 Å². The average molecular weight is 298 g/mol. The number of aromatic nitrogens is 1. The fraction of sp³-hybridized carbons (Fsp3) is 0.692. The number of hydrogen-bond donors (Lipinski definition) is 3. The predicted molar refractivity (Wildman–Crippen MR) is 81.2 cm³/mol. The molecule has 1 aliphatic rings. The Labute approximate surface area is 123 Å². The lowest BCUT2D eigenvalue weighted by Crippen LogP contribution is -2.28. The van der Waals surface area contributed by atoms with E-state index in [1.54, 1.807) is 0 Å². The summed E-state index contributed by atoms with van der Waals surface area (Å²) in [4.78, 5) is 14.2. The molecule has 7 heteroatoms. The molecule has 1 aliphatic carbocycles. The summed E-state index contributed by atoms with van der Waals surface area (Å²) in [5, 5.41) is 12.5. The molecule has 6 nitrogen and oxygen atoms in total. The average Bonchev–Trinajstić information content (AvgIpc) is 3.14. The standard InChI is InChI=1S/C13H22N4O2S/c1-17(7-3-2-4-8-18)13-10(11(14)16-20-13)12(19)15-9-5-6-9/h9,18H,2-8H2,1H3,(H2,14,16)(H,15,19). The van der Waals surface area contributed by atoms with Crippen LogP contribution in [0.1, 0.15) is 42.5 Å². The lowest BCUT2D eigenvalue weighted by atomic mass is 10.2. The summed E-state index contributed by atoms with van der Waals surface area (Å²) in [5.74, 6) is 0.196. The number of carbonyl (C=O) groups excluding carboxylic acids is 1. The van der Waals surface area contributed by atoms with Gasteiger partial charge in [0.2, 0.25) is 0 Å². The van der Waals surface area contributed by atoms with E-state index >= 15 is 0 Å². The van der Waals surface area contributed by atoms with E-state index in [-0.39, 0.29) is 12.5 Å². The Morgan fingerprint density at radius 1 is 1.50 bits per heavy atom. The molecule has 1 heterocycles. The summed E-state index contributed by atoms with van der Waals surface area (Å²) in [5.41, 5.74) is 6.34. The Kier molecular flexibility index (Phi) is 5.19. The number of aliphatic hydroxyl groups is 1. The maximum atomic E-state index is 12.2. The molecule has 0 saturated heterocycles. The largest absolute Gasteiger partial charge is 0.396 e. The molecule has 2 rings (SSSR count). The van der Waals surface area contributed by atoms with Crippen LogP contribution in [0.2, 0.25) is 0 Å². The highest BCUT2D eigenvalue weighted by molar-refractivity contribution is 7.11. The van der Waals surface area contributed by atoms with Gasteiger partial charge >= 0.3 is 0 Å². The Morgan fingerprint density at radius 2 is 2.25 bits per heavy atom. The highest BCUT2D eigenvalue weighted by Gasteiger charge is 2.28. The van der Waals surface area contributed by atoms with E-state index < -0.39 is 0 Å². The van der Waals surface area contributed by atoms with Crippen LogP contribution in [0.25, 0.3) is 0 Å². The van der Waals surface area contributed by atoms with E-state index in [9.17, 15) is 4.79 Å². The third kappa shape index (κ3) is 3.83. The van der Waals surface area contributed by atoms with Crippen molar-refractivity contribution in [2.24, 2.45) is 0 Å². The van der Waals surface area contributed by atoms with Crippen molar-refractivity contribution in [3.05, 3.63) is 5.56 Å². The molecule has 0 unspecified atom stereocenters. The van der Waals surface area contributed by atoms with E-state index in [2.05, 4.69) is 9.69 Å². The summed E-state index contributed by atoms with van der Waals surface area (Å²) < 4.78 is 4.11. The van der Waals surface area contributed by atoms with Gasteiger partial charge in [-0.1, -0.05) is 0 Å². The van der Waals surface area contributed by atoms with Gasteiger partial charge in [0.15, 0.2) is 5.82 Å². The van der Waals surface area contributed by atoms with Crippen LogP contribution in [0, 0.1) is 0 Å². The molecule has 1 saturated carbocycles. The molecule has 1 fully saturated rings. The normalized spacial score (nSPS) is 14.3. The maximum absolute atomic E-state index is 12.2. The molecule has 4 N–H and O–H groups in total. The van der Waals surface area contributed by atoms with Gasteiger partial charge in [-0.2, -0.15) is 4.37 Å². The van der Waals surface area contributed by atoms with Crippen LogP contribution in [0.3, 0.4) is 0 Å². The molecule has 0 atom stereocenters. The summed E-state index contributed by atoms with van der Waals surface area (Å²) in [6, 6.07) is 0.310. The summed E-state index contributed by atoms with van der Waals surface area (Å²) in [6.45, 7) is 1.05. The van der Waals surface area contributed by atoms with Crippen LogP contribution in [0.15, 0.2) is 0 Å². The minimum Gasteiger partial charge on any atom is -0.396 e. The van der Waals surface area contributed by atoms with E-state index in [4.69, 9.17) is 10.8 Å². The number of nitrogens with two attached hydrogens (primary N) is 1. The highest BCUT2D eigenvalue weighted by atomic mass is 32.1. The van der Waals surface area contributed by atoms with Crippen molar-refractivity contribution in [2.75, 3.05) is 30.8 Å². The van der Waals surface area contributed by atoms with Gasteiger partial charge in [-0.15, -0.1) is 0 Å². The predicted octanol–water partition coefficient (Wildman–Crippen LogP) is 1.22. The van der Waals surface area contributed by atoms with Crippen LogP contribution < -0.4 is 16.0 Å². The van der Waals surface area contributed by atoms with Crippen LogP contribution in [0.4, 0.5) is 10.8 Å². The Balaban J connectivity index is 1.97. The number of carbonyl (C=O) groups is 1. The Hall–Kier alpha value is -1.34. The van der Waals surface area contributed by atoms with Crippen molar-refractivity contribution < 1.29 is 9.90 Å². The Bertz CT molecular complexity index is 459. The number of anilines is 2. The van der Waals surface area contributed by atoms with Crippen LogP contribution in [-0.4, -0.2) is 41.6 Å². The second kappa shape index (κ2) is 6.90. The monoisotopic (exact) mass is 298 g/mol. The first kappa shape index (κ1) is 15.1. The zero-order chi connectivity index (χ0) is 14.5. The van der Waals surface area contributed by atoms with Crippen molar-refractivity contribution in [1.82, 2.24) is 9.69 Å². The molecule has 0 aromatic carbocycles. The lowest BCUT2D eigenvalue weighted by molar-refractivity contribution is 0.0952. The number of nitrogens with zero attached hydrogens (tertiary/aromatic N) is 2. The van der Waals surface area contributed by atoms with Gasteiger partial charge in [0.05, 0.1) is 0 Å². The number of nitrogen functional groups attached to an aromatic ring is 1. The van der Waals surface area contributed by atoms with E-state index in [1.807, 2.05) is 11.9 Å². The number of rotatable bonds is 8. The number of hydrogen-bond acceptors (Lipinski definition) is 6. The number of nitrogens with one attached hydrogen (secondary N) is 1. The van der Waals surface area contributed by atoms with Crippen molar-refractivity contribution in [2.45, 2.75) is 38.1 Å². The van der Waals surface area contributed by atoms with Crippen molar-refractivity contribution in [1.29, 1.82) is 0 Å². The smallest absolute Gasteiger partial charge is 0.258 e. The number of unbranched alkanes of at least 4 members (excludes halogenated alkanes) is 2.